The van der Waals surface area contributed by atoms with Gasteiger partial charge in [0.1, 0.15) is 23.9 Å². The highest BCUT2D eigenvalue weighted by Crippen LogP contribution is 2.64. The van der Waals surface area contributed by atoms with Gasteiger partial charge < -0.3 is 39.2 Å². The fourth-order valence-electron chi connectivity index (χ4n) is 8.62. The largest absolute Gasteiger partial charge is 0.459 e. The Kier molecular flexibility index (Phi) is 10.3. The molecule has 0 aromatic rings. The van der Waals surface area contributed by atoms with Crippen molar-refractivity contribution in [1.29, 1.82) is 0 Å². The molecule has 10 atom stereocenters. The zero-order valence-corrected chi connectivity index (χ0v) is 29.8. The maximum atomic E-state index is 15.0. The van der Waals surface area contributed by atoms with Crippen LogP contribution in [0.5, 0.6) is 0 Å². The lowest BCUT2D eigenvalue weighted by molar-refractivity contribution is -0.334. The van der Waals surface area contributed by atoms with Crippen LogP contribution < -0.4 is 5.32 Å². The van der Waals surface area contributed by atoms with E-state index < -0.39 is 107 Å². The van der Waals surface area contributed by atoms with Crippen molar-refractivity contribution < 1.29 is 62.7 Å². The minimum absolute atomic E-state index is 0.141. The van der Waals surface area contributed by atoms with Crippen molar-refractivity contribution in [2.75, 3.05) is 6.61 Å². The van der Waals surface area contributed by atoms with E-state index in [1.54, 1.807) is 41.5 Å². The number of esters is 4. The van der Waals surface area contributed by atoms with Gasteiger partial charge >= 0.3 is 23.9 Å². The number of allylic oxidation sites excluding steroid dienone is 1. The van der Waals surface area contributed by atoms with E-state index in [0.717, 1.165) is 13.8 Å². The second-order valence-electron chi connectivity index (χ2n) is 14.9. The van der Waals surface area contributed by atoms with Crippen molar-refractivity contribution in [1.82, 2.24) is 5.32 Å². The summed E-state index contributed by atoms with van der Waals surface area (Å²) in [6.07, 6.45) is -5.49. The molecular weight excluding hydrogens is 642 g/mol. The summed E-state index contributed by atoms with van der Waals surface area (Å²) >= 11 is 0. The fraction of sp³-hybridized carbons (Fsp3) is 0.714. The van der Waals surface area contributed by atoms with Crippen LogP contribution >= 0.6 is 0 Å². The van der Waals surface area contributed by atoms with Crippen molar-refractivity contribution in [3.63, 3.8) is 0 Å². The number of ketones is 1. The molecular formula is C35H49NO13. The molecule has 1 amide bonds. The highest BCUT2D eigenvalue weighted by Gasteiger charge is 2.76. The van der Waals surface area contributed by atoms with Gasteiger partial charge in [-0.2, -0.15) is 0 Å². The third kappa shape index (κ3) is 6.43. The van der Waals surface area contributed by atoms with Crippen LogP contribution in [0.1, 0.15) is 88.5 Å². The van der Waals surface area contributed by atoms with E-state index in [1.807, 2.05) is 0 Å². The molecule has 1 aliphatic heterocycles. The number of hydrogen-bond acceptors (Lipinski definition) is 13. The molecule has 4 aliphatic rings. The Hall–Kier alpha value is -3.62. The SMILES string of the molecule is CC(=O)N[C@@H](C=C(C)C)[C@@H](O)C(=O)OC1C[C@@]2(O)[C@@H](OC(C)=O)[C@@H]3[C@]4(OC(C)=O)CO[C@@H]4CC[C@@]3(C)C(=O)[C@H](OC(C)=O)C(=C1C)C2(C)C. The van der Waals surface area contributed by atoms with Crippen molar-refractivity contribution in [2.45, 2.75) is 136 Å². The van der Waals surface area contributed by atoms with Gasteiger partial charge in [-0.3, -0.25) is 24.0 Å². The maximum absolute atomic E-state index is 15.0. The summed E-state index contributed by atoms with van der Waals surface area (Å²) in [7, 11) is 0. The molecule has 3 aliphatic carbocycles. The molecule has 1 saturated heterocycles. The quantitative estimate of drug-likeness (QED) is 0.189. The number of ether oxygens (including phenoxy) is 5. The van der Waals surface area contributed by atoms with Crippen LogP contribution in [0.2, 0.25) is 0 Å². The monoisotopic (exact) mass is 691 g/mol. The first-order chi connectivity index (χ1) is 22.5. The number of hydrogen-bond donors (Lipinski definition) is 3. The third-order valence-electron chi connectivity index (χ3n) is 10.8. The first kappa shape index (κ1) is 38.2. The van der Waals surface area contributed by atoms with Crippen LogP contribution in [0.4, 0.5) is 0 Å². The average Bonchev–Trinajstić information content (AvgIpc) is 2.94. The standard InChI is InChI=1S/C35H49NO13/c1-16(2)13-22(36-18(4)37)26(41)31(43)48-23-14-35(44)30(47-20(6)39)28-33(10,12-11-24-34(28,15-45-24)49-21(7)40)29(42)27(46-19(5)38)25(17(23)3)32(35,8)9/h13,22-24,26-28,30,41,44H,11-12,14-15H2,1-10H3,(H,36,37)/t22-,23?,24+,26+,27+,28-,30-,33+,34-,35+/m0/s1. The summed E-state index contributed by atoms with van der Waals surface area (Å²) in [6.45, 7) is 14.4. The van der Waals surface area contributed by atoms with E-state index in [2.05, 4.69) is 5.32 Å². The Balaban J connectivity index is 1.98. The molecule has 2 saturated carbocycles. The number of nitrogens with one attached hydrogen (secondary N) is 1. The number of carbonyl (C=O) groups is 6. The van der Waals surface area contributed by atoms with Crippen LogP contribution in [0.3, 0.4) is 0 Å². The van der Waals surface area contributed by atoms with Gasteiger partial charge in [-0.15, -0.1) is 0 Å². The normalized spacial score (nSPS) is 35.8. The number of aliphatic hydroxyl groups is 2. The predicted molar refractivity (Wildman–Crippen MR) is 170 cm³/mol. The highest BCUT2D eigenvalue weighted by molar-refractivity contribution is 5.94. The zero-order chi connectivity index (χ0) is 37.0. The van der Waals surface area contributed by atoms with E-state index in [1.165, 1.54) is 19.9 Å². The number of amides is 1. The van der Waals surface area contributed by atoms with Gasteiger partial charge in [0.15, 0.2) is 23.6 Å². The minimum Gasteiger partial charge on any atom is -0.459 e. The Morgan fingerprint density at radius 2 is 1.57 bits per heavy atom. The molecule has 1 unspecified atom stereocenters. The van der Waals surface area contributed by atoms with Crippen molar-refractivity contribution in [3.05, 3.63) is 22.8 Å². The summed E-state index contributed by atoms with van der Waals surface area (Å²) in [5.41, 5.74) is -5.52. The van der Waals surface area contributed by atoms with E-state index >= 15 is 0 Å². The Labute approximate surface area is 285 Å². The van der Waals surface area contributed by atoms with Crippen LogP contribution in [-0.4, -0.2) is 100 Å². The van der Waals surface area contributed by atoms with Crippen LogP contribution in [0, 0.1) is 16.7 Å². The van der Waals surface area contributed by atoms with Gasteiger partial charge in [0.2, 0.25) is 5.91 Å². The first-order valence-electron chi connectivity index (χ1n) is 16.5. The van der Waals surface area contributed by atoms with Crippen LogP contribution in [-0.2, 0) is 52.5 Å². The Morgan fingerprint density at radius 1 is 0.959 bits per heavy atom. The van der Waals surface area contributed by atoms with E-state index in [4.69, 9.17) is 23.7 Å². The molecule has 0 spiro atoms. The highest BCUT2D eigenvalue weighted by atomic mass is 16.6. The summed E-state index contributed by atoms with van der Waals surface area (Å²) in [5.74, 6) is -5.69. The molecule has 14 nitrogen and oxygen atoms in total. The van der Waals surface area contributed by atoms with E-state index in [9.17, 15) is 39.0 Å². The maximum Gasteiger partial charge on any atom is 0.338 e. The second kappa shape index (κ2) is 13.3. The molecule has 49 heavy (non-hydrogen) atoms. The Bertz CT molecular complexity index is 1490. The summed E-state index contributed by atoms with van der Waals surface area (Å²) in [5, 5.41) is 26.7. The lowest BCUT2D eigenvalue weighted by Crippen LogP contribution is -2.79. The van der Waals surface area contributed by atoms with Gasteiger partial charge in [0, 0.05) is 44.9 Å². The van der Waals surface area contributed by atoms with Gasteiger partial charge in [0.05, 0.1) is 18.6 Å². The van der Waals surface area contributed by atoms with Gasteiger partial charge in [0.25, 0.3) is 0 Å². The molecule has 1 heterocycles. The lowest BCUT2D eigenvalue weighted by Gasteiger charge is -2.66. The summed E-state index contributed by atoms with van der Waals surface area (Å²) < 4.78 is 29.5. The number of rotatable bonds is 8. The topological polar surface area (TPSA) is 201 Å². The smallest absolute Gasteiger partial charge is 0.338 e. The molecule has 4 rings (SSSR count). The van der Waals surface area contributed by atoms with Crippen molar-refractivity contribution >= 4 is 35.6 Å². The number of carbonyl (C=O) groups excluding carboxylic acids is 6. The van der Waals surface area contributed by atoms with E-state index in [0.29, 0.717) is 5.57 Å². The predicted octanol–water partition coefficient (Wildman–Crippen LogP) is 1.77. The van der Waals surface area contributed by atoms with Gasteiger partial charge in [-0.1, -0.05) is 32.4 Å². The van der Waals surface area contributed by atoms with Crippen LogP contribution in [0.25, 0.3) is 0 Å². The minimum atomic E-state index is -2.16. The molecule has 0 aromatic heterocycles. The van der Waals surface area contributed by atoms with E-state index in [-0.39, 0.29) is 30.6 Å². The first-order valence-corrected chi connectivity index (χ1v) is 16.5. The van der Waals surface area contributed by atoms with Crippen molar-refractivity contribution in [3.8, 4) is 0 Å². The van der Waals surface area contributed by atoms with Gasteiger partial charge in [-0.25, -0.2) is 4.79 Å². The Morgan fingerprint density at radius 3 is 2.06 bits per heavy atom. The van der Waals surface area contributed by atoms with Gasteiger partial charge in [-0.05, 0) is 44.8 Å². The molecule has 0 aromatic carbocycles. The number of Topliss-reactive ketones (excluding diaryl/α,β-unsaturated/α-hetero) is 1. The van der Waals surface area contributed by atoms with Crippen LogP contribution in [0.15, 0.2) is 22.8 Å². The molecule has 272 valence electrons. The number of aliphatic hydroxyl groups excluding tert-OH is 1. The zero-order valence-electron chi connectivity index (χ0n) is 29.8. The molecule has 0 radical (unpaired) electrons. The molecule has 14 heteroatoms. The molecule has 3 N–H and O–H groups in total. The van der Waals surface area contributed by atoms with Crippen molar-refractivity contribution in [2.24, 2.45) is 16.7 Å². The molecule has 3 fully saturated rings. The molecule has 2 bridgehead atoms. The fourth-order valence-corrected chi connectivity index (χ4v) is 8.62. The average molecular weight is 692 g/mol. The summed E-state index contributed by atoms with van der Waals surface area (Å²) in [4.78, 5) is 78.6. The summed E-state index contributed by atoms with van der Waals surface area (Å²) in [6, 6.07) is -1.15. The lowest BCUT2D eigenvalue weighted by atomic mass is 9.45. The second-order valence-corrected chi connectivity index (χ2v) is 14.9. The number of fused-ring (bicyclic) bond motifs is 5. The third-order valence-corrected chi connectivity index (χ3v) is 10.8.